The molecule has 0 radical (unpaired) electrons. The van der Waals surface area contributed by atoms with Gasteiger partial charge < -0.3 is 9.30 Å². The number of methoxy groups -OCH3 is 1. The fraction of sp³-hybridized carbons (Fsp3) is 0.150. The lowest BCUT2D eigenvalue weighted by molar-refractivity contribution is -0.385. The van der Waals surface area contributed by atoms with E-state index in [2.05, 4.69) is 4.99 Å². The zero-order valence-electron chi connectivity index (χ0n) is 16.0. The molecule has 148 valence electrons. The molecule has 3 aromatic rings. The first-order valence-corrected chi connectivity index (χ1v) is 8.62. The molecule has 0 aliphatic heterocycles. The topological polar surface area (TPSA) is 113 Å². The molecule has 29 heavy (non-hydrogen) atoms. The van der Waals surface area contributed by atoms with Gasteiger partial charge in [0.25, 0.3) is 11.4 Å². The Labute approximate surface area is 166 Å². The maximum absolute atomic E-state index is 11.1. The second-order valence-corrected chi connectivity index (χ2v) is 6.31. The average Bonchev–Trinajstić information content (AvgIpc) is 2.99. The fourth-order valence-corrected chi connectivity index (χ4v) is 3.09. The van der Waals surface area contributed by atoms with E-state index in [1.54, 1.807) is 18.3 Å². The molecule has 0 bridgehead atoms. The Bertz CT molecular complexity index is 1130. The number of hydrogen-bond donors (Lipinski definition) is 0. The molecule has 0 unspecified atom stereocenters. The molecule has 0 fully saturated rings. The zero-order chi connectivity index (χ0) is 21.1. The van der Waals surface area contributed by atoms with Gasteiger partial charge in [0.15, 0.2) is 0 Å². The highest BCUT2D eigenvalue weighted by molar-refractivity contribution is 5.85. The van der Waals surface area contributed by atoms with Gasteiger partial charge in [-0.05, 0) is 32.0 Å². The standard InChI is InChI=1S/C20H18N4O5/c1-13-9-15(12-21-19-11-18(24(27)28)7-8-20(19)29-3)14(2)22(13)16-5-4-6-17(10-16)23(25)26/h4-12H,1-3H3. The molecule has 0 aliphatic rings. The average molecular weight is 394 g/mol. The summed E-state index contributed by atoms with van der Waals surface area (Å²) in [7, 11) is 1.47. The molecule has 9 nitrogen and oxygen atoms in total. The number of aliphatic imine (C=N–C) groups is 1. The van der Waals surface area contributed by atoms with Crippen molar-refractivity contribution in [3.05, 3.63) is 85.7 Å². The normalized spacial score (nSPS) is 11.0. The molecule has 0 spiro atoms. The highest BCUT2D eigenvalue weighted by atomic mass is 16.6. The van der Waals surface area contributed by atoms with Crippen molar-refractivity contribution in [1.82, 2.24) is 4.57 Å². The smallest absolute Gasteiger partial charge is 0.271 e. The quantitative estimate of drug-likeness (QED) is 0.342. The van der Waals surface area contributed by atoms with Crippen molar-refractivity contribution in [1.29, 1.82) is 0 Å². The molecule has 2 aromatic carbocycles. The van der Waals surface area contributed by atoms with Crippen LogP contribution in [-0.2, 0) is 0 Å². The van der Waals surface area contributed by atoms with Gasteiger partial charge in [0.1, 0.15) is 11.4 Å². The molecule has 0 saturated heterocycles. The predicted octanol–water partition coefficient (Wildman–Crippen LogP) is 4.67. The van der Waals surface area contributed by atoms with Crippen molar-refractivity contribution in [2.45, 2.75) is 13.8 Å². The van der Waals surface area contributed by atoms with E-state index in [0.717, 1.165) is 17.0 Å². The summed E-state index contributed by atoms with van der Waals surface area (Å²) >= 11 is 0. The summed E-state index contributed by atoms with van der Waals surface area (Å²) in [4.78, 5) is 25.5. The molecule has 0 atom stereocenters. The molecule has 0 aliphatic carbocycles. The van der Waals surface area contributed by atoms with Crippen molar-refractivity contribution in [2.24, 2.45) is 4.99 Å². The molecule has 0 amide bonds. The van der Waals surface area contributed by atoms with E-state index >= 15 is 0 Å². The lowest BCUT2D eigenvalue weighted by Gasteiger charge is -2.09. The summed E-state index contributed by atoms with van der Waals surface area (Å²) in [6, 6.07) is 12.4. The lowest BCUT2D eigenvalue weighted by atomic mass is 10.2. The largest absolute Gasteiger partial charge is 0.494 e. The van der Waals surface area contributed by atoms with Gasteiger partial charge >= 0.3 is 0 Å². The molecule has 1 heterocycles. The van der Waals surface area contributed by atoms with Crippen LogP contribution in [0.5, 0.6) is 5.75 Å². The van der Waals surface area contributed by atoms with E-state index in [0.29, 0.717) is 17.1 Å². The minimum Gasteiger partial charge on any atom is -0.494 e. The Hall–Kier alpha value is -4.01. The second kappa shape index (κ2) is 7.93. The number of benzene rings is 2. The fourth-order valence-electron chi connectivity index (χ4n) is 3.09. The van der Waals surface area contributed by atoms with E-state index in [-0.39, 0.29) is 11.4 Å². The molecular weight excluding hydrogens is 376 g/mol. The van der Waals surface area contributed by atoms with Crippen molar-refractivity contribution in [3.63, 3.8) is 0 Å². The van der Waals surface area contributed by atoms with Gasteiger partial charge in [-0.2, -0.15) is 0 Å². The third-order valence-electron chi connectivity index (χ3n) is 4.49. The minimum absolute atomic E-state index is 0.00606. The second-order valence-electron chi connectivity index (χ2n) is 6.31. The number of nitrogens with zero attached hydrogens (tertiary/aromatic N) is 4. The molecule has 0 saturated carbocycles. The van der Waals surface area contributed by atoms with Gasteiger partial charge in [0.2, 0.25) is 0 Å². The van der Waals surface area contributed by atoms with Crippen LogP contribution in [0.4, 0.5) is 17.1 Å². The summed E-state index contributed by atoms with van der Waals surface area (Å²) in [5.41, 5.74) is 3.41. The third-order valence-corrected chi connectivity index (χ3v) is 4.49. The zero-order valence-corrected chi connectivity index (χ0v) is 16.0. The van der Waals surface area contributed by atoms with Gasteiger partial charge in [-0.25, -0.2) is 0 Å². The van der Waals surface area contributed by atoms with Gasteiger partial charge in [0.05, 0.1) is 22.6 Å². The molecule has 0 N–H and O–H groups in total. The van der Waals surface area contributed by atoms with Crippen LogP contribution in [0.1, 0.15) is 17.0 Å². The Balaban J connectivity index is 2.02. The van der Waals surface area contributed by atoms with E-state index in [9.17, 15) is 20.2 Å². The number of hydrogen-bond acceptors (Lipinski definition) is 6. The van der Waals surface area contributed by atoms with E-state index in [4.69, 9.17) is 4.74 Å². The number of rotatable bonds is 6. The van der Waals surface area contributed by atoms with Crippen LogP contribution < -0.4 is 4.74 Å². The third kappa shape index (κ3) is 3.98. The summed E-state index contributed by atoms with van der Waals surface area (Å²) in [6.45, 7) is 3.76. The highest BCUT2D eigenvalue weighted by Crippen LogP contribution is 2.31. The van der Waals surface area contributed by atoms with Crippen LogP contribution in [0.3, 0.4) is 0 Å². The Kier molecular flexibility index (Phi) is 5.40. The first-order chi connectivity index (χ1) is 13.8. The molecule has 3 rings (SSSR count). The van der Waals surface area contributed by atoms with Crippen molar-refractivity contribution < 1.29 is 14.6 Å². The van der Waals surface area contributed by atoms with Crippen LogP contribution >= 0.6 is 0 Å². The van der Waals surface area contributed by atoms with Gasteiger partial charge in [-0.15, -0.1) is 0 Å². The van der Waals surface area contributed by atoms with E-state index in [1.165, 1.54) is 37.4 Å². The lowest BCUT2D eigenvalue weighted by Crippen LogP contribution is -2.00. The maximum Gasteiger partial charge on any atom is 0.271 e. The van der Waals surface area contributed by atoms with Crippen LogP contribution in [0, 0.1) is 34.1 Å². The molecule has 1 aromatic heterocycles. The molecular formula is C20H18N4O5. The monoisotopic (exact) mass is 394 g/mol. The summed E-state index contributed by atoms with van der Waals surface area (Å²) in [6.07, 6.45) is 1.60. The van der Waals surface area contributed by atoms with Gasteiger partial charge in [-0.1, -0.05) is 6.07 Å². The van der Waals surface area contributed by atoms with Gasteiger partial charge in [0, 0.05) is 47.4 Å². The summed E-state index contributed by atoms with van der Waals surface area (Å²) < 4.78 is 7.12. The number of ether oxygens (including phenoxy) is 1. The van der Waals surface area contributed by atoms with E-state index in [1.807, 2.05) is 24.5 Å². The number of non-ortho nitro benzene ring substituents is 2. The SMILES string of the molecule is COc1ccc([N+](=O)[O-])cc1N=Cc1cc(C)n(-c2cccc([N+](=O)[O-])c2)c1C. The number of aryl methyl sites for hydroxylation is 1. The van der Waals surface area contributed by atoms with Crippen molar-refractivity contribution >= 4 is 23.3 Å². The number of nitro benzene ring substituents is 2. The number of nitro groups is 2. The van der Waals surface area contributed by atoms with Crippen LogP contribution in [0.15, 0.2) is 53.5 Å². The van der Waals surface area contributed by atoms with Crippen molar-refractivity contribution in [3.8, 4) is 11.4 Å². The Morgan fingerprint density at radius 3 is 2.34 bits per heavy atom. The minimum atomic E-state index is -0.493. The predicted molar refractivity (Wildman–Crippen MR) is 109 cm³/mol. The van der Waals surface area contributed by atoms with Crippen LogP contribution in [-0.4, -0.2) is 27.7 Å². The van der Waals surface area contributed by atoms with Crippen molar-refractivity contribution in [2.75, 3.05) is 7.11 Å². The first kappa shape index (κ1) is 19.7. The number of aromatic nitrogens is 1. The van der Waals surface area contributed by atoms with Gasteiger partial charge in [-0.3, -0.25) is 25.2 Å². The van der Waals surface area contributed by atoms with Crippen LogP contribution in [0.2, 0.25) is 0 Å². The van der Waals surface area contributed by atoms with E-state index < -0.39 is 9.85 Å². The first-order valence-electron chi connectivity index (χ1n) is 8.62. The Morgan fingerprint density at radius 1 is 1.00 bits per heavy atom. The maximum atomic E-state index is 11.1. The summed E-state index contributed by atoms with van der Waals surface area (Å²) in [5, 5.41) is 22.1. The van der Waals surface area contributed by atoms with Crippen LogP contribution in [0.25, 0.3) is 5.69 Å². The Morgan fingerprint density at radius 2 is 1.69 bits per heavy atom. The molecule has 9 heteroatoms. The highest BCUT2D eigenvalue weighted by Gasteiger charge is 2.14. The summed E-state index contributed by atoms with van der Waals surface area (Å²) in [5.74, 6) is 0.416.